The van der Waals surface area contributed by atoms with Crippen LogP contribution < -0.4 is 0 Å². The van der Waals surface area contributed by atoms with Crippen LogP contribution in [0.3, 0.4) is 0 Å². The summed E-state index contributed by atoms with van der Waals surface area (Å²) in [5, 5.41) is 4.52. The minimum Gasteiger partial charge on any atom is -0.289 e. The number of hydrogen-bond donors (Lipinski definition) is 0. The zero-order chi connectivity index (χ0) is 16.2. The van der Waals surface area contributed by atoms with Gasteiger partial charge in [-0.3, -0.25) is 4.79 Å². The summed E-state index contributed by atoms with van der Waals surface area (Å²) in [5.41, 5.74) is 4.23. The van der Waals surface area contributed by atoms with E-state index in [1.165, 1.54) is 0 Å². The van der Waals surface area contributed by atoms with Gasteiger partial charge < -0.3 is 0 Å². The highest BCUT2D eigenvalue weighted by Gasteiger charge is 2.17. The van der Waals surface area contributed by atoms with Crippen LogP contribution in [0.25, 0.3) is 11.8 Å². The predicted octanol–water partition coefficient (Wildman–Crippen LogP) is 4.39. The van der Waals surface area contributed by atoms with Crippen LogP contribution in [-0.2, 0) is 0 Å². The van der Waals surface area contributed by atoms with Crippen LogP contribution in [0, 0.1) is 13.8 Å². The van der Waals surface area contributed by atoms with Gasteiger partial charge in [-0.05, 0) is 37.6 Å². The van der Waals surface area contributed by atoms with Crippen molar-refractivity contribution in [3.8, 4) is 5.69 Å². The van der Waals surface area contributed by atoms with Gasteiger partial charge in [0, 0.05) is 0 Å². The summed E-state index contributed by atoms with van der Waals surface area (Å²) in [4.78, 5) is 12.6. The Balaban J connectivity index is 1.93. The third-order valence-electron chi connectivity index (χ3n) is 3.77. The number of benzene rings is 2. The van der Waals surface area contributed by atoms with Crippen molar-refractivity contribution in [2.24, 2.45) is 0 Å². The van der Waals surface area contributed by atoms with E-state index in [9.17, 15) is 4.79 Å². The largest absolute Gasteiger partial charge is 0.289 e. The standard InChI is InChI=1S/C20H18N2O/c1-15-20(19(23)14-13-17-9-5-3-6-10-17)16(2)22(21-15)18-11-7-4-8-12-18/h3-14H,1-2H3/b14-13+. The van der Waals surface area contributed by atoms with Crippen molar-refractivity contribution in [1.82, 2.24) is 9.78 Å². The van der Waals surface area contributed by atoms with E-state index in [1.807, 2.05) is 85.3 Å². The van der Waals surface area contributed by atoms with Crippen LogP contribution in [-0.4, -0.2) is 15.6 Å². The zero-order valence-corrected chi connectivity index (χ0v) is 13.2. The molecule has 3 rings (SSSR count). The van der Waals surface area contributed by atoms with E-state index in [1.54, 1.807) is 6.08 Å². The SMILES string of the molecule is Cc1nn(-c2ccccc2)c(C)c1C(=O)/C=C/c1ccccc1. The first-order valence-electron chi connectivity index (χ1n) is 7.56. The molecule has 0 N–H and O–H groups in total. The summed E-state index contributed by atoms with van der Waals surface area (Å²) in [5.74, 6) is -0.0222. The lowest BCUT2D eigenvalue weighted by Gasteiger charge is -2.03. The first-order chi connectivity index (χ1) is 11.2. The van der Waals surface area contributed by atoms with Crippen molar-refractivity contribution in [1.29, 1.82) is 0 Å². The fourth-order valence-electron chi connectivity index (χ4n) is 2.64. The predicted molar refractivity (Wildman–Crippen MR) is 92.8 cm³/mol. The van der Waals surface area contributed by atoms with Crippen LogP contribution >= 0.6 is 0 Å². The molecule has 0 amide bonds. The molecule has 2 aromatic carbocycles. The molecule has 0 fully saturated rings. The van der Waals surface area contributed by atoms with Crippen LogP contribution in [0.4, 0.5) is 0 Å². The maximum atomic E-state index is 12.6. The summed E-state index contributed by atoms with van der Waals surface area (Å²) in [6.45, 7) is 3.80. The van der Waals surface area contributed by atoms with Gasteiger partial charge in [0.1, 0.15) is 0 Å². The van der Waals surface area contributed by atoms with E-state index in [0.29, 0.717) is 5.56 Å². The Morgan fingerprint density at radius 3 is 2.22 bits per heavy atom. The number of ketones is 1. The zero-order valence-electron chi connectivity index (χ0n) is 13.2. The van der Waals surface area contributed by atoms with Crippen LogP contribution in [0.5, 0.6) is 0 Å². The van der Waals surface area contributed by atoms with E-state index in [4.69, 9.17) is 0 Å². The monoisotopic (exact) mass is 302 g/mol. The van der Waals surface area contributed by atoms with Crippen molar-refractivity contribution in [2.75, 3.05) is 0 Å². The minimum atomic E-state index is -0.0222. The number of carbonyl (C=O) groups excluding carboxylic acids is 1. The highest BCUT2D eigenvalue weighted by atomic mass is 16.1. The minimum absolute atomic E-state index is 0.0222. The van der Waals surface area contributed by atoms with Crippen molar-refractivity contribution in [3.05, 3.63) is 89.3 Å². The first kappa shape index (κ1) is 15.0. The molecule has 0 aliphatic carbocycles. The van der Waals surface area contributed by atoms with E-state index in [2.05, 4.69) is 5.10 Å². The Hall–Kier alpha value is -2.94. The highest BCUT2D eigenvalue weighted by molar-refractivity contribution is 6.08. The maximum absolute atomic E-state index is 12.6. The molecule has 3 aromatic rings. The number of hydrogen-bond acceptors (Lipinski definition) is 2. The van der Waals surface area contributed by atoms with E-state index >= 15 is 0 Å². The second-order valence-corrected chi connectivity index (χ2v) is 5.40. The molecule has 0 aliphatic rings. The van der Waals surface area contributed by atoms with Gasteiger partial charge in [0.15, 0.2) is 5.78 Å². The number of allylic oxidation sites excluding steroid dienone is 1. The molecule has 0 aliphatic heterocycles. The Morgan fingerprint density at radius 1 is 0.957 bits per heavy atom. The van der Waals surface area contributed by atoms with Crippen LogP contribution in [0.2, 0.25) is 0 Å². The van der Waals surface area contributed by atoms with Crippen molar-refractivity contribution >= 4 is 11.9 Å². The number of rotatable bonds is 4. The van der Waals surface area contributed by atoms with Gasteiger partial charge >= 0.3 is 0 Å². The molecule has 23 heavy (non-hydrogen) atoms. The van der Waals surface area contributed by atoms with Gasteiger partial charge in [-0.1, -0.05) is 54.6 Å². The average Bonchev–Trinajstić information content (AvgIpc) is 2.89. The molecule has 114 valence electrons. The van der Waals surface area contributed by atoms with Gasteiger partial charge in [0.2, 0.25) is 0 Å². The smallest absolute Gasteiger partial charge is 0.189 e. The number of aromatic nitrogens is 2. The average molecular weight is 302 g/mol. The molecule has 3 nitrogen and oxygen atoms in total. The lowest BCUT2D eigenvalue weighted by atomic mass is 10.1. The second kappa shape index (κ2) is 6.44. The molecule has 0 radical (unpaired) electrons. The molecular formula is C20H18N2O. The summed E-state index contributed by atoms with van der Waals surface area (Å²) in [6, 6.07) is 19.6. The molecule has 0 unspecified atom stereocenters. The molecule has 1 aromatic heterocycles. The Kier molecular flexibility index (Phi) is 4.20. The molecular weight excluding hydrogens is 284 g/mol. The number of aryl methyl sites for hydroxylation is 1. The molecule has 1 heterocycles. The first-order valence-corrected chi connectivity index (χ1v) is 7.56. The number of carbonyl (C=O) groups is 1. The molecule has 0 atom stereocenters. The van der Waals surface area contributed by atoms with Gasteiger partial charge in [0.05, 0.1) is 22.6 Å². The lowest BCUT2D eigenvalue weighted by Crippen LogP contribution is -2.01. The highest BCUT2D eigenvalue weighted by Crippen LogP contribution is 2.19. The maximum Gasteiger partial charge on any atom is 0.189 e. The Labute approximate surface area is 135 Å². The third-order valence-corrected chi connectivity index (χ3v) is 3.77. The third kappa shape index (κ3) is 3.14. The lowest BCUT2D eigenvalue weighted by molar-refractivity contribution is 0.104. The van der Waals surface area contributed by atoms with Crippen LogP contribution in [0.1, 0.15) is 27.3 Å². The van der Waals surface area contributed by atoms with Crippen LogP contribution in [0.15, 0.2) is 66.7 Å². The molecule has 0 saturated carbocycles. The normalized spacial score (nSPS) is 11.0. The molecule has 0 bridgehead atoms. The quantitative estimate of drug-likeness (QED) is 0.529. The fraction of sp³-hybridized carbons (Fsp3) is 0.100. The number of para-hydroxylation sites is 1. The summed E-state index contributed by atoms with van der Waals surface area (Å²) < 4.78 is 1.82. The van der Waals surface area contributed by atoms with E-state index < -0.39 is 0 Å². The Bertz CT molecular complexity index is 846. The van der Waals surface area contributed by atoms with Gasteiger partial charge in [-0.15, -0.1) is 0 Å². The number of nitrogens with zero attached hydrogens (tertiary/aromatic N) is 2. The van der Waals surface area contributed by atoms with E-state index in [-0.39, 0.29) is 5.78 Å². The van der Waals surface area contributed by atoms with Gasteiger partial charge in [-0.25, -0.2) is 4.68 Å². The van der Waals surface area contributed by atoms with Crippen molar-refractivity contribution in [2.45, 2.75) is 13.8 Å². The summed E-state index contributed by atoms with van der Waals surface area (Å²) >= 11 is 0. The second-order valence-electron chi connectivity index (χ2n) is 5.40. The topological polar surface area (TPSA) is 34.9 Å². The Morgan fingerprint density at radius 2 is 1.57 bits per heavy atom. The molecule has 0 spiro atoms. The van der Waals surface area contributed by atoms with Gasteiger partial charge in [0.25, 0.3) is 0 Å². The summed E-state index contributed by atoms with van der Waals surface area (Å²) in [7, 11) is 0. The molecule has 3 heteroatoms. The molecule has 0 saturated heterocycles. The van der Waals surface area contributed by atoms with E-state index in [0.717, 1.165) is 22.6 Å². The summed E-state index contributed by atoms with van der Waals surface area (Å²) in [6.07, 6.45) is 3.45. The fourth-order valence-corrected chi connectivity index (χ4v) is 2.64. The van der Waals surface area contributed by atoms with Gasteiger partial charge in [-0.2, -0.15) is 5.10 Å². The van der Waals surface area contributed by atoms with Crippen molar-refractivity contribution < 1.29 is 4.79 Å². The van der Waals surface area contributed by atoms with Crippen molar-refractivity contribution in [3.63, 3.8) is 0 Å².